The normalized spacial score (nSPS) is 17.1. The van der Waals surface area contributed by atoms with Gasteiger partial charge in [0.25, 0.3) is 0 Å². The van der Waals surface area contributed by atoms with Gasteiger partial charge in [0.2, 0.25) is 11.7 Å². The average Bonchev–Trinajstić information content (AvgIpc) is 3.31. The molecule has 3 aromatic rings. The van der Waals surface area contributed by atoms with E-state index in [1.165, 1.54) is 16.9 Å². The average molecular weight is 430 g/mol. The maximum atomic E-state index is 13.8. The summed E-state index contributed by atoms with van der Waals surface area (Å²) in [4.78, 5) is 27.8. The minimum absolute atomic E-state index is 0.0368. The summed E-state index contributed by atoms with van der Waals surface area (Å²) in [5.41, 5.74) is 6.39. The van der Waals surface area contributed by atoms with Crippen LogP contribution >= 0.6 is 0 Å². The highest BCUT2D eigenvalue weighted by Crippen LogP contribution is 2.31. The van der Waals surface area contributed by atoms with Crippen LogP contribution in [0.2, 0.25) is 0 Å². The smallest absolute Gasteiger partial charge is 0.303 e. The number of likely N-dealkylation sites (N-methyl/N-ethyl adjacent to an activating group) is 1. The molecule has 0 saturated carbocycles. The first-order valence-corrected chi connectivity index (χ1v) is 9.92. The van der Waals surface area contributed by atoms with Crippen molar-refractivity contribution in [2.75, 3.05) is 32.1 Å². The fraction of sp³-hybridized carbons (Fsp3) is 0.450. The molecule has 4 heterocycles. The third kappa shape index (κ3) is 4.18. The Balaban J connectivity index is 1.85. The number of primary amides is 1. The van der Waals surface area contributed by atoms with Gasteiger partial charge in [0.15, 0.2) is 11.6 Å². The number of nitrogens with zero attached hydrogens (tertiary/aromatic N) is 7. The fourth-order valence-corrected chi connectivity index (χ4v) is 3.75. The molecule has 4 rings (SSSR count). The van der Waals surface area contributed by atoms with Gasteiger partial charge in [-0.15, -0.1) is 5.10 Å². The molecule has 1 aliphatic heterocycles. The van der Waals surface area contributed by atoms with E-state index in [0.717, 1.165) is 31.8 Å². The molecule has 2 N–H and O–H groups in total. The minimum atomic E-state index is -3.19. The summed E-state index contributed by atoms with van der Waals surface area (Å²) in [7, 11) is 4.08. The summed E-state index contributed by atoms with van der Waals surface area (Å²) < 4.78 is 29.1. The summed E-state index contributed by atoms with van der Waals surface area (Å²) in [6.45, 7) is 2.34. The van der Waals surface area contributed by atoms with Gasteiger partial charge in [0.05, 0.1) is 23.0 Å². The van der Waals surface area contributed by atoms with Crippen LogP contribution in [0, 0.1) is 0 Å². The van der Waals surface area contributed by atoms with Crippen molar-refractivity contribution in [3.8, 4) is 5.82 Å². The van der Waals surface area contributed by atoms with Crippen molar-refractivity contribution in [2.24, 2.45) is 5.73 Å². The summed E-state index contributed by atoms with van der Waals surface area (Å²) >= 11 is 0. The van der Waals surface area contributed by atoms with Crippen LogP contribution in [0.3, 0.4) is 0 Å². The quantitative estimate of drug-likeness (QED) is 0.632. The van der Waals surface area contributed by atoms with Crippen LogP contribution < -0.4 is 10.6 Å². The topological polar surface area (TPSA) is 106 Å². The third-order valence-electron chi connectivity index (χ3n) is 5.40. The summed E-state index contributed by atoms with van der Waals surface area (Å²) in [5, 5.41) is 5.46. The second-order valence-electron chi connectivity index (χ2n) is 8.05. The second kappa shape index (κ2) is 7.80. The van der Waals surface area contributed by atoms with Crippen LogP contribution in [0.5, 0.6) is 0 Å². The maximum Gasteiger partial charge on any atom is 0.303 e. The van der Waals surface area contributed by atoms with Gasteiger partial charge in [-0.25, -0.2) is 14.6 Å². The highest BCUT2D eigenvalue weighted by atomic mass is 19.3. The van der Waals surface area contributed by atoms with Crippen LogP contribution in [0.1, 0.15) is 24.9 Å². The number of hydrogen-bond acceptors (Lipinski definition) is 7. The van der Waals surface area contributed by atoms with Crippen molar-refractivity contribution in [2.45, 2.75) is 31.7 Å². The molecule has 0 aromatic carbocycles. The van der Waals surface area contributed by atoms with E-state index in [4.69, 9.17) is 10.8 Å². The number of halogens is 2. The van der Waals surface area contributed by atoms with Gasteiger partial charge < -0.3 is 15.5 Å². The van der Waals surface area contributed by atoms with E-state index in [-0.39, 0.29) is 12.2 Å². The largest absolute Gasteiger partial charge is 0.369 e. The monoisotopic (exact) mass is 430 g/mol. The first-order valence-electron chi connectivity index (χ1n) is 9.92. The van der Waals surface area contributed by atoms with Crippen molar-refractivity contribution in [3.05, 3.63) is 36.0 Å². The number of pyridine rings is 1. The maximum absolute atomic E-state index is 13.8. The molecule has 1 unspecified atom stereocenters. The number of hydrogen-bond donors (Lipinski definition) is 1. The number of aromatic nitrogens is 5. The van der Waals surface area contributed by atoms with Crippen molar-refractivity contribution in [3.63, 3.8) is 0 Å². The Kier molecular flexibility index (Phi) is 5.29. The number of rotatable bonds is 6. The zero-order valence-electron chi connectivity index (χ0n) is 17.6. The number of anilines is 1. The Morgan fingerprint density at radius 3 is 2.77 bits per heavy atom. The predicted molar refractivity (Wildman–Crippen MR) is 111 cm³/mol. The predicted octanol–water partition coefficient (Wildman–Crippen LogP) is 1.49. The van der Waals surface area contributed by atoms with Gasteiger partial charge in [-0.3, -0.25) is 9.78 Å². The standard InChI is InChI=1S/C20H24F2N8O/c1-20(21,22)19-24-6-4-17(26-19)30-15-8-12(9-16(23)31)25-10-14(15)18(27-30)29-7-5-13(11-29)28(2)3/h4,6,8,10,13H,5,7,9,11H2,1-3H3,(H2,23,31). The molecule has 9 nitrogen and oxygen atoms in total. The Labute approximate surface area is 177 Å². The third-order valence-corrected chi connectivity index (χ3v) is 5.40. The molecule has 11 heteroatoms. The number of alkyl halides is 2. The molecule has 1 saturated heterocycles. The van der Waals surface area contributed by atoms with Gasteiger partial charge >= 0.3 is 5.92 Å². The van der Waals surface area contributed by atoms with E-state index in [0.29, 0.717) is 23.1 Å². The Morgan fingerprint density at radius 2 is 2.13 bits per heavy atom. The molecular formula is C20H24F2N8O. The van der Waals surface area contributed by atoms with Gasteiger partial charge in [-0.2, -0.15) is 8.78 Å². The highest BCUT2D eigenvalue weighted by molar-refractivity contribution is 5.92. The van der Waals surface area contributed by atoms with Crippen LogP contribution in [0.25, 0.3) is 16.7 Å². The number of amides is 1. The van der Waals surface area contributed by atoms with Crippen molar-refractivity contribution < 1.29 is 13.6 Å². The van der Waals surface area contributed by atoms with E-state index in [1.54, 1.807) is 12.3 Å². The molecule has 1 fully saturated rings. The summed E-state index contributed by atoms with van der Waals surface area (Å²) in [6.07, 6.45) is 3.87. The van der Waals surface area contributed by atoms with E-state index < -0.39 is 17.7 Å². The van der Waals surface area contributed by atoms with Gasteiger partial charge in [0, 0.05) is 44.5 Å². The number of fused-ring (bicyclic) bond motifs is 1. The van der Waals surface area contributed by atoms with E-state index >= 15 is 0 Å². The van der Waals surface area contributed by atoms with Crippen molar-refractivity contribution >= 4 is 22.6 Å². The van der Waals surface area contributed by atoms with Gasteiger partial charge in [0.1, 0.15) is 0 Å². The zero-order chi connectivity index (χ0) is 22.3. The lowest BCUT2D eigenvalue weighted by Gasteiger charge is -2.20. The van der Waals surface area contributed by atoms with Crippen LogP contribution in [0.4, 0.5) is 14.6 Å². The first-order chi connectivity index (χ1) is 14.6. The molecule has 0 radical (unpaired) electrons. The molecule has 1 aliphatic rings. The van der Waals surface area contributed by atoms with Gasteiger partial charge in [-0.1, -0.05) is 0 Å². The van der Waals surface area contributed by atoms with Gasteiger partial charge in [-0.05, 0) is 26.6 Å². The Morgan fingerprint density at radius 1 is 1.35 bits per heavy atom. The molecule has 1 atom stereocenters. The Hall–Kier alpha value is -3.21. The molecule has 3 aromatic heterocycles. The van der Waals surface area contributed by atoms with Crippen LogP contribution in [0.15, 0.2) is 24.5 Å². The number of nitrogens with two attached hydrogens (primary N) is 1. The molecule has 0 bridgehead atoms. The molecule has 0 spiro atoms. The fourth-order valence-electron chi connectivity index (χ4n) is 3.75. The zero-order valence-corrected chi connectivity index (χ0v) is 17.6. The molecule has 1 amide bonds. The van der Waals surface area contributed by atoms with Crippen LogP contribution in [-0.4, -0.2) is 68.8 Å². The summed E-state index contributed by atoms with van der Waals surface area (Å²) in [5.74, 6) is -3.38. The van der Waals surface area contributed by atoms with Crippen molar-refractivity contribution in [1.82, 2.24) is 29.6 Å². The molecular weight excluding hydrogens is 406 g/mol. The summed E-state index contributed by atoms with van der Waals surface area (Å²) in [6, 6.07) is 3.60. The van der Waals surface area contributed by atoms with Crippen LogP contribution in [-0.2, 0) is 17.1 Å². The first kappa shape index (κ1) is 21.0. The molecule has 0 aliphatic carbocycles. The lowest BCUT2D eigenvalue weighted by molar-refractivity contribution is -0.117. The lowest BCUT2D eigenvalue weighted by Crippen LogP contribution is -2.31. The van der Waals surface area contributed by atoms with Crippen molar-refractivity contribution in [1.29, 1.82) is 0 Å². The molecule has 164 valence electrons. The van der Waals surface area contributed by atoms with E-state index in [2.05, 4.69) is 24.8 Å². The molecule has 31 heavy (non-hydrogen) atoms. The second-order valence-corrected chi connectivity index (χ2v) is 8.05. The SMILES string of the molecule is CN(C)C1CCN(c2nn(-c3ccnc(C(C)(F)F)n3)c3cc(CC(N)=O)ncc23)C1. The highest BCUT2D eigenvalue weighted by Gasteiger charge is 2.30. The minimum Gasteiger partial charge on any atom is -0.369 e. The number of carbonyl (C=O) groups is 1. The lowest BCUT2D eigenvalue weighted by atomic mass is 10.2. The van der Waals surface area contributed by atoms with E-state index in [1.807, 2.05) is 14.1 Å². The van der Waals surface area contributed by atoms with E-state index in [9.17, 15) is 13.6 Å². The number of carbonyl (C=O) groups excluding carboxylic acids is 1. The Bertz CT molecular complexity index is 1120.